The summed E-state index contributed by atoms with van der Waals surface area (Å²) < 4.78 is 82.8. The van der Waals surface area contributed by atoms with Gasteiger partial charge in [-0.2, -0.15) is 12.9 Å². The van der Waals surface area contributed by atoms with Gasteiger partial charge < -0.3 is 50.1 Å². The van der Waals surface area contributed by atoms with Crippen LogP contribution in [0.25, 0.3) is 11.2 Å². The van der Waals surface area contributed by atoms with E-state index in [9.17, 15) is 62.7 Å². The molecule has 27 nitrogen and oxygen atoms in total. The number of fused-ring (bicyclic) bond motifs is 1. The summed E-state index contributed by atoms with van der Waals surface area (Å²) in [6.45, 7) is -0.750. The first-order valence-electron chi connectivity index (χ1n) is 13.9. The molecule has 2 fully saturated rings. The number of H-pyrrole nitrogens is 1. The Kier molecular flexibility index (Phi) is 11.4. The summed E-state index contributed by atoms with van der Waals surface area (Å²) in [6.07, 6.45) is -7.49. The number of aromatic nitrogens is 6. The Bertz CT molecular complexity index is 2090. The molecule has 0 aliphatic carbocycles. The molecule has 284 valence electrons. The van der Waals surface area contributed by atoms with Crippen LogP contribution in [0.4, 0.5) is 5.82 Å². The molecule has 0 radical (unpaired) electrons. The van der Waals surface area contributed by atoms with Crippen molar-refractivity contribution in [2.45, 2.75) is 56.3 Å². The van der Waals surface area contributed by atoms with Gasteiger partial charge in [-0.25, -0.2) is 38.0 Å². The van der Waals surface area contributed by atoms with Gasteiger partial charge in [0.1, 0.15) is 42.5 Å². The molecule has 2 aliphatic heterocycles. The molecule has 31 heteroatoms. The zero-order valence-corrected chi connectivity index (χ0v) is 29.0. The molecular weight excluding hydrogens is 782 g/mol. The van der Waals surface area contributed by atoms with Gasteiger partial charge in [0.2, 0.25) is 0 Å². The van der Waals surface area contributed by atoms with Crippen LogP contribution in [-0.4, -0.2) is 108 Å². The van der Waals surface area contributed by atoms with Crippen LogP contribution in [0.5, 0.6) is 0 Å². The van der Waals surface area contributed by atoms with E-state index in [2.05, 4.69) is 36.9 Å². The average Bonchev–Trinajstić information content (AvgIpc) is 3.67. The predicted molar refractivity (Wildman–Crippen MR) is 161 cm³/mol. The lowest BCUT2D eigenvalue weighted by atomic mass is 10.1. The number of ether oxygens (including phenoxy) is 2. The van der Waals surface area contributed by atoms with Crippen molar-refractivity contribution in [3.8, 4) is 0 Å². The molecule has 11 atom stereocenters. The molecule has 10 N–H and O–H groups in total. The summed E-state index contributed by atoms with van der Waals surface area (Å²) in [5, 5.41) is 31.1. The zero-order valence-electron chi connectivity index (χ0n) is 25.4. The topological polar surface area (TPSA) is 399 Å². The minimum atomic E-state index is -6.18. The molecule has 2 saturated heterocycles. The minimum Gasteiger partial charge on any atom is -0.390 e. The predicted octanol–water partition coefficient (Wildman–Crippen LogP) is -1.98. The van der Waals surface area contributed by atoms with Crippen LogP contribution in [0.1, 0.15) is 24.4 Å². The number of nitrogens with one attached hydrogen (secondary N) is 1. The van der Waals surface area contributed by atoms with E-state index >= 15 is 0 Å². The molecule has 0 amide bonds. The number of aliphatic hydroxyl groups is 3. The van der Waals surface area contributed by atoms with Crippen molar-refractivity contribution in [1.29, 1.82) is 0 Å². The van der Waals surface area contributed by atoms with Gasteiger partial charge in [0.05, 0.1) is 25.6 Å². The number of hydrogen-bond acceptors (Lipinski definition) is 20. The molecule has 5 rings (SSSR count). The molecule has 5 unspecified atom stereocenters. The van der Waals surface area contributed by atoms with Gasteiger partial charge in [-0.1, -0.05) is 0 Å². The maximum absolute atomic E-state index is 12.4. The smallest absolute Gasteiger partial charge is 0.390 e. The molecule has 0 saturated carbocycles. The summed E-state index contributed by atoms with van der Waals surface area (Å²) in [5.74, 6) is -0.0142. The number of aromatic amines is 1. The SMILES string of the molecule is Cc1cn([C@H]2C[C@@H](O)[C@@H](COP(=O)(O)OP(=O)(O)OP(=O)(O)OP(=O)(O)OC[C@H]3O[C@@H](n4cnc5c(N)ncnc54)[C@@H](O)C3O)O2)c(=O)[nH]c1=O. The van der Waals surface area contributed by atoms with E-state index in [1.165, 1.54) is 6.92 Å². The number of phosphoric ester groups is 2. The van der Waals surface area contributed by atoms with Gasteiger partial charge in [-0.15, -0.1) is 0 Å². The first-order chi connectivity index (χ1) is 23.6. The number of rotatable bonds is 14. The molecule has 0 aromatic carbocycles. The Morgan fingerprint density at radius 2 is 1.45 bits per heavy atom. The third-order valence-corrected chi connectivity index (χ3v) is 13.0. The number of nitrogens with zero attached hydrogens (tertiary/aromatic N) is 5. The lowest BCUT2D eigenvalue weighted by molar-refractivity contribution is -0.0503. The zero-order chi connectivity index (χ0) is 37.7. The Balaban J connectivity index is 1.13. The van der Waals surface area contributed by atoms with Crippen LogP contribution in [0.15, 0.2) is 28.4 Å². The fourth-order valence-electron chi connectivity index (χ4n) is 4.79. The fourth-order valence-corrected chi connectivity index (χ4v) is 9.74. The second-order valence-electron chi connectivity index (χ2n) is 10.8. The number of hydrogen-bond donors (Lipinski definition) is 9. The van der Waals surface area contributed by atoms with Gasteiger partial charge in [0, 0.05) is 18.2 Å². The molecule has 3 aromatic rings. The number of aliphatic hydroxyl groups excluding tert-OH is 3. The molecule has 51 heavy (non-hydrogen) atoms. The number of nitrogens with two attached hydrogens (primary N) is 1. The second kappa shape index (κ2) is 14.7. The highest BCUT2D eigenvalue weighted by atomic mass is 31.3. The van der Waals surface area contributed by atoms with Crippen molar-refractivity contribution in [3.63, 3.8) is 0 Å². The lowest BCUT2D eigenvalue weighted by Crippen LogP contribution is -2.33. The number of imidazole rings is 1. The van der Waals surface area contributed by atoms with Crippen molar-refractivity contribution in [2.75, 3.05) is 18.9 Å². The Labute approximate surface area is 282 Å². The van der Waals surface area contributed by atoms with E-state index in [-0.39, 0.29) is 29.0 Å². The molecule has 0 spiro atoms. The first kappa shape index (κ1) is 39.6. The maximum Gasteiger partial charge on any atom is 0.490 e. The molecule has 0 bridgehead atoms. The molecule has 5 heterocycles. The van der Waals surface area contributed by atoms with E-state index in [1.807, 2.05) is 4.98 Å². The van der Waals surface area contributed by atoms with E-state index in [4.69, 9.17) is 15.2 Å². The van der Waals surface area contributed by atoms with Gasteiger partial charge in [-0.05, 0) is 6.92 Å². The summed E-state index contributed by atoms with van der Waals surface area (Å²) in [6, 6.07) is 0. The van der Waals surface area contributed by atoms with Gasteiger partial charge in [-0.3, -0.25) is 28.0 Å². The standard InChI is InChI=1S/C20H29N7O20P4/c1-8-3-26(20(32)25-18(8)31)12-2-9(28)10(43-12)4-41-48(33,34)45-50(37,38)47-51(39,40)46-49(35,36)42-5-11-14(29)15(30)19(44-11)27-7-24-13-16(21)22-6-23-17(13)27/h3,6-7,9-12,14-15,19,28-30H,2,4-5H2,1H3,(H,33,34)(H,35,36)(H,37,38)(H,39,40)(H2,21,22,23)(H,25,31,32)/t9-,10-,11-,12-,14?,15+,19-/m1/s1. The van der Waals surface area contributed by atoms with Crippen LogP contribution >= 0.6 is 31.3 Å². The highest BCUT2D eigenvalue weighted by Gasteiger charge is 2.49. The number of aryl methyl sites for hydroxylation is 1. The average molecular weight is 811 g/mol. The Morgan fingerprint density at radius 3 is 2.08 bits per heavy atom. The van der Waals surface area contributed by atoms with Crippen molar-refractivity contribution in [3.05, 3.63) is 45.3 Å². The Hall–Kier alpha value is -2.61. The van der Waals surface area contributed by atoms with E-state index < -0.39 is 98.7 Å². The third kappa shape index (κ3) is 9.31. The van der Waals surface area contributed by atoms with E-state index in [0.29, 0.717) is 0 Å². The fraction of sp³-hybridized carbons (Fsp3) is 0.550. The van der Waals surface area contributed by atoms with Crippen molar-refractivity contribution >= 4 is 48.3 Å². The van der Waals surface area contributed by atoms with Crippen molar-refractivity contribution < 1.29 is 84.6 Å². The van der Waals surface area contributed by atoms with Crippen LogP contribution in [0, 0.1) is 6.92 Å². The molecular formula is C20H29N7O20P4. The lowest BCUT2D eigenvalue weighted by Gasteiger charge is -2.21. The molecule has 3 aromatic heterocycles. The first-order valence-corrected chi connectivity index (χ1v) is 19.9. The summed E-state index contributed by atoms with van der Waals surface area (Å²) in [5.41, 5.74) is 4.47. The number of nitrogen functional groups attached to an aromatic ring is 1. The summed E-state index contributed by atoms with van der Waals surface area (Å²) in [4.78, 5) is 76.8. The van der Waals surface area contributed by atoms with E-state index in [1.54, 1.807) is 0 Å². The maximum atomic E-state index is 12.4. The van der Waals surface area contributed by atoms with Crippen LogP contribution < -0.4 is 17.0 Å². The Morgan fingerprint density at radius 1 is 0.863 bits per heavy atom. The van der Waals surface area contributed by atoms with Gasteiger partial charge in [0.25, 0.3) is 5.56 Å². The number of anilines is 1. The highest BCUT2D eigenvalue weighted by Crippen LogP contribution is 2.71. The third-order valence-electron chi connectivity index (χ3n) is 7.08. The largest absolute Gasteiger partial charge is 0.490 e. The van der Waals surface area contributed by atoms with Crippen molar-refractivity contribution in [2.24, 2.45) is 0 Å². The summed E-state index contributed by atoms with van der Waals surface area (Å²) in [7, 11) is -23.8. The normalized spacial score (nSPS) is 30.1. The van der Waals surface area contributed by atoms with Gasteiger partial charge >= 0.3 is 37.0 Å². The highest BCUT2D eigenvalue weighted by molar-refractivity contribution is 7.69. The summed E-state index contributed by atoms with van der Waals surface area (Å²) >= 11 is 0. The molecule has 2 aliphatic rings. The van der Waals surface area contributed by atoms with Gasteiger partial charge in [0.15, 0.2) is 17.7 Å². The van der Waals surface area contributed by atoms with E-state index in [0.717, 1.165) is 28.0 Å². The number of phosphoric acid groups is 4. The monoisotopic (exact) mass is 811 g/mol. The minimum absolute atomic E-state index is 0.0142. The quantitative estimate of drug-likeness (QED) is 0.0796. The van der Waals surface area contributed by atoms with Crippen molar-refractivity contribution in [1.82, 2.24) is 29.1 Å². The van der Waals surface area contributed by atoms with Crippen LogP contribution in [-0.2, 0) is 49.7 Å². The second-order valence-corrected chi connectivity index (χ2v) is 17.0. The van der Waals surface area contributed by atoms with Crippen LogP contribution in [0.3, 0.4) is 0 Å². The van der Waals surface area contributed by atoms with Crippen LogP contribution in [0.2, 0.25) is 0 Å².